The number of nitrogen functional groups attached to an aromatic ring is 1. The monoisotopic (exact) mass is 255 g/mol. The van der Waals surface area contributed by atoms with E-state index in [-0.39, 0.29) is 0 Å². The van der Waals surface area contributed by atoms with Crippen LogP contribution in [0.1, 0.15) is 25.0 Å². The molecule has 0 amide bonds. The summed E-state index contributed by atoms with van der Waals surface area (Å²) in [4.78, 5) is 6.81. The van der Waals surface area contributed by atoms with Gasteiger partial charge in [0.25, 0.3) is 0 Å². The predicted molar refractivity (Wildman–Crippen MR) is 81.1 cm³/mol. The van der Waals surface area contributed by atoms with Gasteiger partial charge in [0.05, 0.1) is 0 Å². The molecule has 2 aromatic rings. The lowest BCUT2D eigenvalue weighted by Crippen LogP contribution is -2.31. The molecule has 3 heteroatoms. The van der Waals surface area contributed by atoms with Crippen LogP contribution in [-0.4, -0.2) is 11.0 Å². The van der Waals surface area contributed by atoms with Crippen LogP contribution in [0.4, 0.5) is 11.5 Å². The number of anilines is 2. The molecule has 1 aromatic heterocycles. The second-order valence-electron chi connectivity index (χ2n) is 5.11. The lowest BCUT2D eigenvalue weighted by molar-refractivity contribution is 0.670. The van der Waals surface area contributed by atoms with Gasteiger partial charge >= 0.3 is 0 Å². The zero-order valence-corrected chi connectivity index (χ0v) is 11.8. The summed E-state index contributed by atoms with van der Waals surface area (Å²) in [5.74, 6) is 1.04. The molecule has 3 nitrogen and oxygen atoms in total. The fraction of sp³-hybridized carbons (Fsp3) is 0.312. The van der Waals surface area contributed by atoms with Gasteiger partial charge in [0.15, 0.2) is 0 Å². The van der Waals surface area contributed by atoms with E-state index in [4.69, 9.17) is 5.73 Å². The van der Waals surface area contributed by atoms with E-state index < -0.39 is 0 Å². The molecule has 0 saturated carbocycles. The average Bonchev–Trinajstić information content (AvgIpc) is 2.37. The zero-order valence-electron chi connectivity index (χ0n) is 11.8. The number of pyridine rings is 1. The standard InChI is InChI=1S/C16H21N3/c1-12(2)19(16-13(3)6-5-9-18-16)11-14-7-4-8-15(17)10-14/h4-10,12H,11,17H2,1-3H3. The Kier molecular flexibility index (Phi) is 4.05. The Bertz CT molecular complexity index is 549. The van der Waals surface area contributed by atoms with Crippen molar-refractivity contribution >= 4 is 11.5 Å². The molecule has 0 aliphatic heterocycles. The normalized spacial score (nSPS) is 10.7. The van der Waals surface area contributed by atoms with Gasteiger partial charge in [-0.25, -0.2) is 4.98 Å². The highest BCUT2D eigenvalue weighted by molar-refractivity contribution is 5.48. The molecule has 1 aromatic carbocycles. The number of nitrogens with two attached hydrogens (primary N) is 1. The average molecular weight is 255 g/mol. The van der Waals surface area contributed by atoms with Crippen molar-refractivity contribution in [1.82, 2.24) is 4.98 Å². The van der Waals surface area contributed by atoms with E-state index in [1.54, 1.807) is 0 Å². The smallest absolute Gasteiger partial charge is 0.131 e. The molecular formula is C16H21N3. The van der Waals surface area contributed by atoms with Crippen molar-refractivity contribution in [3.63, 3.8) is 0 Å². The summed E-state index contributed by atoms with van der Waals surface area (Å²) < 4.78 is 0. The van der Waals surface area contributed by atoms with Gasteiger partial charge in [-0.05, 0) is 50.1 Å². The number of rotatable bonds is 4. The molecule has 0 radical (unpaired) electrons. The van der Waals surface area contributed by atoms with E-state index in [2.05, 4.69) is 42.8 Å². The fourth-order valence-corrected chi connectivity index (χ4v) is 2.17. The summed E-state index contributed by atoms with van der Waals surface area (Å²) in [5, 5.41) is 0. The number of benzene rings is 1. The molecule has 0 bridgehead atoms. The van der Waals surface area contributed by atoms with Gasteiger partial charge in [-0.2, -0.15) is 0 Å². The van der Waals surface area contributed by atoms with Crippen molar-refractivity contribution in [3.05, 3.63) is 53.7 Å². The highest BCUT2D eigenvalue weighted by atomic mass is 15.2. The summed E-state index contributed by atoms with van der Waals surface area (Å²) in [6.07, 6.45) is 1.84. The molecule has 0 spiro atoms. The van der Waals surface area contributed by atoms with Gasteiger partial charge in [-0.3, -0.25) is 0 Å². The lowest BCUT2D eigenvalue weighted by Gasteiger charge is -2.29. The number of aryl methyl sites for hydroxylation is 1. The van der Waals surface area contributed by atoms with Gasteiger partial charge < -0.3 is 10.6 Å². The van der Waals surface area contributed by atoms with Crippen molar-refractivity contribution in [3.8, 4) is 0 Å². The van der Waals surface area contributed by atoms with Crippen LogP contribution in [0.3, 0.4) is 0 Å². The highest BCUT2D eigenvalue weighted by Crippen LogP contribution is 2.21. The summed E-state index contributed by atoms with van der Waals surface area (Å²) in [6.45, 7) is 7.28. The Morgan fingerprint density at radius 2 is 2.00 bits per heavy atom. The third-order valence-electron chi connectivity index (χ3n) is 3.18. The Morgan fingerprint density at radius 3 is 2.63 bits per heavy atom. The molecule has 0 atom stereocenters. The van der Waals surface area contributed by atoms with Crippen molar-refractivity contribution in [1.29, 1.82) is 0 Å². The second kappa shape index (κ2) is 5.74. The fourth-order valence-electron chi connectivity index (χ4n) is 2.17. The minimum Gasteiger partial charge on any atom is -0.399 e. The molecule has 2 rings (SSSR count). The van der Waals surface area contributed by atoms with Crippen LogP contribution in [0.15, 0.2) is 42.6 Å². The van der Waals surface area contributed by atoms with Crippen LogP contribution in [0.25, 0.3) is 0 Å². The summed E-state index contributed by atoms with van der Waals surface area (Å²) >= 11 is 0. The minimum atomic E-state index is 0.384. The highest BCUT2D eigenvalue weighted by Gasteiger charge is 2.14. The first-order valence-corrected chi connectivity index (χ1v) is 6.60. The van der Waals surface area contributed by atoms with Crippen LogP contribution in [-0.2, 0) is 6.54 Å². The van der Waals surface area contributed by atoms with E-state index in [9.17, 15) is 0 Å². The van der Waals surface area contributed by atoms with E-state index in [0.29, 0.717) is 6.04 Å². The van der Waals surface area contributed by atoms with Gasteiger partial charge in [0.2, 0.25) is 0 Å². The summed E-state index contributed by atoms with van der Waals surface area (Å²) in [7, 11) is 0. The first-order valence-electron chi connectivity index (χ1n) is 6.60. The van der Waals surface area contributed by atoms with E-state index >= 15 is 0 Å². The molecule has 0 unspecified atom stereocenters. The second-order valence-corrected chi connectivity index (χ2v) is 5.11. The lowest BCUT2D eigenvalue weighted by atomic mass is 10.1. The largest absolute Gasteiger partial charge is 0.399 e. The SMILES string of the molecule is Cc1cccnc1N(Cc1cccc(N)c1)C(C)C. The van der Waals surface area contributed by atoms with Crippen LogP contribution < -0.4 is 10.6 Å². The van der Waals surface area contributed by atoms with E-state index in [0.717, 1.165) is 18.1 Å². The van der Waals surface area contributed by atoms with Crippen LogP contribution >= 0.6 is 0 Å². The molecule has 1 heterocycles. The van der Waals surface area contributed by atoms with Gasteiger partial charge in [0, 0.05) is 24.5 Å². The zero-order chi connectivity index (χ0) is 13.8. The molecular weight excluding hydrogens is 234 g/mol. The molecule has 0 saturated heterocycles. The van der Waals surface area contributed by atoms with Gasteiger partial charge in [-0.1, -0.05) is 18.2 Å². The van der Waals surface area contributed by atoms with Crippen LogP contribution in [0.2, 0.25) is 0 Å². The number of nitrogens with zero attached hydrogens (tertiary/aromatic N) is 2. The molecule has 0 aliphatic carbocycles. The number of hydrogen-bond acceptors (Lipinski definition) is 3. The van der Waals surface area contributed by atoms with Gasteiger partial charge in [0.1, 0.15) is 5.82 Å². The van der Waals surface area contributed by atoms with E-state index in [1.165, 1.54) is 11.1 Å². The summed E-state index contributed by atoms with van der Waals surface area (Å²) in [5.41, 5.74) is 9.05. The third kappa shape index (κ3) is 3.25. The first kappa shape index (κ1) is 13.4. The molecule has 0 fully saturated rings. The molecule has 19 heavy (non-hydrogen) atoms. The summed E-state index contributed by atoms with van der Waals surface area (Å²) in [6, 6.07) is 12.5. The number of hydrogen-bond donors (Lipinski definition) is 1. The maximum atomic E-state index is 5.84. The minimum absolute atomic E-state index is 0.384. The number of aromatic nitrogens is 1. The van der Waals surface area contributed by atoms with Crippen molar-refractivity contribution < 1.29 is 0 Å². The molecule has 100 valence electrons. The van der Waals surface area contributed by atoms with Crippen LogP contribution in [0, 0.1) is 6.92 Å². The first-order chi connectivity index (χ1) is 9.08. The maximum Gasteiger partial charge on any atom is 0.131 e. The Morgan fingerprint density at radius 1 is 1.21 bits per heavy atom. The van der Waals surface area contributed by atoms with E-state index in [1.807, 2.05) is 30.5 Å². The quantitative estimate of drug-likeness (QED) is 0.851. The maximum absolute atomic E-state index is 5.84. The Labute approximate surface area is 115 Å². The van der Waals surface area contributed by atoms with Crippen LogP contribution in [0.5, 0.6) is 0 Å². The predicted octanol–water partition coefficient (Wildman–Crippen LogP) is 3.39. The van der Waals surface area contributed by atoms with Crippen molar-refractivity contribution in [2.24, 2.45) is 0 Å². The third-order valence-corrected chi connectivity index (χ3v) is 3.18. The topological polar surface area (TPSA) is 42.2 Å². The van der Waals surface area contributed by atoms with Gasteiger partial charge in [-0.15, -0.1) is 0 Å². The van der Waals surface area contributed by atoms with Crippen molar-refractivity contribution in [2.45, 2.75) is 33.4 Å². The molecule has 0 aliphatic rings. The Balaban J connectivity index is 2.29. The molecule has 2 N–H and O–H groups in total. The Hall–Kier alpha value is -2.03. The van der Waals surface area contributed by atoms with Crippen molar-refractivity contribution in [2.75, 3.05) is 10.6 Å².